The Morgan fingerprint density at radius 1 is 1.12 bits per heavy atom. The molecule has 0 aromatic rings. The van der Waals surface area contributed by atoms with Gasteiger partial charge in [0.25, 0.3) is 0 Å². The predicted octanol–water partition coefficient (Wildman–Crippen LogP) is -0.188. The monoisotopic (exact) mass is 245 g/mol. The van der Waals surface area contributed by atoms with Crippen LogP contribution in [0.4, 0.5) is 4.79 Å². The highest BCUT2D eigenvalue weighted by molar-refractivity contribution is 5.86. The highest BCUT2D eigenvalue weighted by Gasteiger charge is 2.26. The molecule has 0 aromatic heterocycles. The summed E-state index contributed by atoms with van der Waals surface area (Å²) in [7, 11) is 0. The Bertz CT molecular complexity index is 267. The first-order valence-corrected chi connectivity index (χ1v) is 5.76. The number of carbonyl (C=O) groups excluding carboxylic acids is 2. The van der Waals surface area contributed by atoms with E-state index in [4.69, 9.17) is 10.8 Å². The molecule has 0 spiro atoms. The summed E-state index contributed by atoms with van der Waals surface area (Å²) in [5.41, 5.74) is 5.01. The molecule has 0 aliphatic heterocycles. The number of hydrogen-bond donors (Lipinski definition) is 4. The molecule has 17 heavy (non-hydrogen) atoms. The van der Waals surface area contributed by atoms with Gasteiger partial charge in [-0.2, -0.15) is 0 Å². The molecule has 100 valence electrons. The van der Waals surface area contributed by atoms with Gasteiger partial charge >= 0.3 is 6.03 Å². The molecule has 5 N–H and O–H groups in total. The maximum atomic E-state index is 11.9. The fourth-order valence-corrected chi connectivity index (χ4v) is 1.38. The van der Waals surface area contributed by atoms with Crippen molar-refractivity contribution in [3.8, 4) is 0 Å². The molecule has 1 unspecified atom stereocenters. The van der Waals surface area contributed by atoms with Crippen LogP contribution in [0.1, 0.15) is 27.7 Å². The minimum atomic E-state index is -0.732. The third kappa shape index (κ3) is 5.53. The van der Waals surface area contributed by atoms with Gasteiger partial charge in [-0.15, -0.1) is 0 Å². The lowest BCUT2D eigenvalue weighted by molar-refractivity contribution is -0.125. The van der Waals surface area contributed by atoms with Gasteiger partial charge < -0.3 is 21.5 Å². The van der Waals surface area contributed by atoms with Crippen molar-refractivity contribution in [1.29, 1.82) is 0 Å². The van der Waals surface area contributed by atoms with Crippen LogP contribution in [0, 0.1) is 11.8 Å². The maximum Gasteiger partial charge on any atom is 0.312 e. The second kappa shape index (κ2) is 7.11. The van der Waals surface area contributed by atoms with E-state index < -0.39 is 12.1 Å². The van der Waals surface area contributed by atoms with Crippen LogP contribution in [-0.2, 0) is 4.79 Å². The zero-order chi connectivity index (χ0) is 13.6. The number of rotatable bonds is 6. The van der Waals surface area contributed by atoms with E-state index in [9.17, 15) is 9.59 Å². The van der Waals surface area contributed by atoms with Gasteiger partial charge in [-0.1, -0.05) is 27.7 Å². The summed E-state index contributed by atoms with van der Waals surface area (Å²) in [6.45, 7) is 7.28. The molecule has 0 aliphatic carbocycles. The van der Waals surface area contributed by atoms with E-state index >= 15 is 0 Å². The summed E-state index contributed by atoms with van der Waals surface area (Å²) in [5, 5.41) is 14.2. The summed E-state index contributed by atoms with van der Waals surface area (Å²) < 4.78 is 0. The number of urea groups is 1. The lowest BCUT2D eigenvalue weighted by Gasteiger charge is -2.25. The molecule has 0 fully saturated rings. The van der Waals surface area contributed by atoms with E-state index in [1.165, 1.54) is 0 Å². The largest absolute Gasteiger partial charge is 0.394 e. The Kier molecular flexibility index (Phi) is 6.57. The first kappa shape index (κ1) is 15.7. The molecular formula is C11H23N3O3. The average molecular weight is 245 g/mol. The molecule has 0 saturated heterocycles. The molecule has 0 heterocycles. The number of primary amides is 1. The zero-order valence-corrected chi connectivity index (χ0v) is 10.9. The molecule has 0 saturated carbocycles. The number of nitrogens with one attached hydrogen (secondary N) is 2. The van der Waals surface area contributed by atoms with Gasteiger partial charge in [-0.05, 0) is 11.8 Å². The summed E-state index contributed by atoms with van der Waals surface area (Å²) >= 11 is 0. The van der Waals surface area contributed by atoms with E-state index in [0.717, 1.165) is 0 Å². The van der Waals surface area contributed by atoms with Crippen LogP contribution in [0.2, 0.25) is 0 Å². The van der Waals surface area contributed by atoms with Crippen molar-refractivity contribution in [2.45, 2.75) is 39.8 Å². The average Bonchev–Trinajstić information content (AvgIpc) is 2.20. The van der Waals surface area contributed by atoms with Crippen LogP contribution in [0.5, 0.6) is 0 Å². The fraction of sp³-hybridized carbons (Fsp3) is 0.818. The SMILES string of the molecule is CC(C)C(NC(N)=O)C(=O)N[C@H](CO)C(C)C. The Morgan fingerprint density at radius 3 is 1.94 bits per heavy atom. The van der Waals surface area contributed by atoms with Gasteiger partial charge in [0.05, 0.1) is 12.6 Å². The summed E-state index contributed by atoms with van der Waals surface area (Å²) in [5.74, 6) is -0.286. The highest BCUT2D eigenvalue weighted by Crippen LogP contribution is 2.05. The molecule has 0 aliphatic rings. The molecule has 2 atom stereocenters. The second-order valence-electron chi connectivity index (χ2n) is 4.77. The lowest BCUT2D eigenvalue weighted by Crippen LogP contribution is -2.54. The van der Waals surface area contributed by atoms with Gasteiger partial charge in [-0.25, -0.2) is 4.79 Å². The van der Waals surface area contributed by atoms with Crippen molar-refractivity contribution in [1.82, 2.24) is 10.6 Å². The minimum absolute atomic E-state index is 0.0750. The standard InChI is InChI=1S/C11H23N3O3/c1-6(2)8(5-15)13-10(16)9(7(3)4)14-11(12)17/h6-9,15H,5H2,1-4H3,(H,13,16)(H3,12,14,17)/t8-,9?/m1/s1. The Labute approximate surface area is 102 Å². The number of hydrogen-bond acceptors (Lipinski definition) is 3. The van der Waals surface area contributed by atoms with Crippen molar-refractivity contribution >= 4 is 11.9 Å². The zero-order valence-electron chi connectivity index (χ0n) is 10.9. The third-order valence-electron chi connectivity index (χ3n) is 2.58. The van der Waals surface area contributed by atoms with Crippen LogP contribution in [-0.4, -0.2) is 35.7 Å². The quantitative estimate of drug-likeness (QED) is 0.521. The number of amides is 3. The van der Waals surface area contributed by atoms with Gasteiger partial charge in [0.2, 0.25) is 5.91 Å². The fourth-order valence-electron chi connectivity index (χ4n) is 1.38. The maximum absolute atomic E-state index is 11.9. The second-order valence-corrected chi connectivity index (χ2v) is 4.77. The summed E-state index contributed by atoms with van der Waals surface area (Å²) in [6, 6.07) is -1.73. The normalized spacial score (nSPS) is 14.5. The molecule has 0 aromatic carbocycles. The van der Waals surface area contributed by atoms with Crippen LogP contribution >= 0.6 is 0 Å². The van der Waals surface area contributed by atoms with Crippen molar-refractivity contribution in [2.24, 2.45) is 17.6 Å². The van der Waals surface area contributed by atoms with Gasteiger partial charge in [-0.3, -0.25) is 4.79 Å². The van der Waals surface area contributed by atoms with Gasteiger partial charge in [0.15, 0.2) is 0 Å². The van der Waals surface area contributed by atoms with Gasteiger partial charge in [0, 0.05) is 0 Å². The van der Waals surface area contributed by atoms with E-state index in [1.54, 1.807) is 0 Å². The van der Waals surface area contributed by atoms with Crippen LogP contribution < -0.4 is 16.4 Å². The van der Waals surface area contributed by atoms with Crippen LogP contribution in [0.25, 0.3) is 0 Å². The third-order valence-corrected chi connectivity index (χ3v) is 2.58. The molecule has 0 rings (SSSR count). The molecular weight excluding hydrogens is 222 g/mol. The minimum Gasteiger partial charge on any atom is -0.394 e. The van der Waals surface area contributed by atoms with E-state index in [1.807, 2.05) is 27.7 Å². The predicted molar refractivity (Wildman–Crippen MR) is 65.2 cm³/mol. The van der Waals surface area contributed by atoms with Crippen LogP contribution in [0.15, 0.2) is 0 Å². The molecule has 3 amide bonds. The van der Waals surface area contributed by atoms with E-state index in [0.29, 0.717) is 0 Å². The molecule has 0 bridgehead atoms. The van der Waals surface area contributed by atoms with E-state index in [-0.39, 0.29) is 30.4 Å². The van der Waals surface area contributed by atoms with Crippen molar-refractivity contribution in [3.05, 3.63) is 0 Å². The Balaban J connectivity index is 4.56. The first-order chi connectivity index (χ1) is 7.79. The Hall–Kier alpha value is -1.30. The summed E-state index contributed by atoms with van der Waals surface area (Å²) in [4.78, 5) is 22.7. The Morgan fingerprint density at radius 2 is 1.65 bits per heavy atom. The van der Waals surface area contributed by atoms with E-state index in [2.05, 4.69) is 10.6 Å². The number of aliphatic hydroxyl groups is 1. The number of carbonyl (C=O) groups is 2. The topological polar surface area (TPSA) is 104 Å². The molecule has 6 nitrogen and oxygen atoms in total. The first-order valence-electron chi connectivity index (χ1n) is 5.76. The number of aliphatic hydroxyl groups excluding tert-OH is 1. The smallest absolute Gasteiger partial charge is 0.312 e. The summed E-state index contributed by atoms with van der Waals surface area (Å²) in [6.07, 6.45) is 0. The number of nitrogens with two attached hydrogens (primary N) is 1. The molecule has 0 radical (unpaired) electrons. The highest BCUT2D eigenvalue weighted by atomic mass is 16.3. The van der Waals surface area contributed by atoms with Gasteiger partial charge in [0.1, 0.15) is 6.04 Å². The molecule has 6 heteroatoms. The lowest BCUT2D eigenvalue weighted by atomic mass is 10.0. The van der Waals surface area contributed by atoms with Crippen molar-refractivity contribution in [3.63, 3.8) is 0 Å². The van der Waals surface area contributed by atoms with Crippen molar-refractivity contribution in [2.75, 3.05) is 6.61 Å². The van der Waals surface area contributed by atoms with Crippen LogP contribution in [0.3, 0.4) is 0 Å². The van der Waals surface area contributed by atoms with Crippen molar-refractivity contribution < 1.29 is 14.7 Å².